The number of hydrogen-bond donors (Lipinski definition) is 2. The van der Waals surface area contributed by atoms with Crippen LogP contribution in [0.25, 0.3) is 0 Å². The van der Waals surface area contributed by atoms with Crippen molar-refractivity contribution >= 4 is 5.78 Å². The normalized spacial score (nSPS) is 18.9. The van der Waals surface area contributed by atoms with Crippen LogP contribution in [0.2, 0.25) is 0 Å². The standard InChI is InChI=1S/C14H19NO2/c15-14(7-2-1-3-8-14)13(17)10-11-5-4-6-12(16)9-11/h4-6,9,16H,1-3,7-8,10,15H2. The van der Waals surface area contributed by atoms with Crippen LogP contribution in [0.5, 0.6) is 5.75 Å². The van der Waals surface area contributed by atoms with E-state index in [-0.39, 0.29) is 11.5 Å². The van der Waals surface area contributed by atoms with Crippen LogP contribution in [0.3, 0.4) is 0 Å². The highest BCUT2D eigenvalue weighted by molar-refractivity contribution is 5.90. The first-order chi connectivity index (χ1) is 8.10. The van der Waals surface area contributed by atoms with E-state index in [2.05, 4.69) is 0 Å². The zero-order chi connectivity index (χ0) is 12.3. The van der Waals surface area contributed by atoms with Crippen molar-refractivity contribution in [2.75, 3.05) is 0 Å². The number of phenols is 1. The van der Waals surface area contributed by atoms with Crippen LogP contribution in [0.15, 0.2) is 24.3 Å². The molecule has 1 aliphatic rings. The first kappa shape index (κ1) is 12.1. The molecule has 0 unspecified atom stereocenters. The van der Waals surface area contributed by atoms with E-state index in [1.807, 2.05) is 6.07 Å². The zero-order valence-electron chi connectivity index (χ0n) is 9.98. The second-order valence-corrected chi connectivity index (χ2v) is 4.99. The molecule has 0 amide bonds. The van der Waals surface area contributed by atoms with E-state index in [0.717, 1.165) is 31.2 Å². The maximum atomic E-state index is 12.2. The monoisotopic (exact) mass is 233 g/mol. The summed E-state index contributed by atoms with van der Waals surface area (Å²) in [5, 5.41) is 9.36. The molecule has 1 aromatic carbocycles. The summed E-state index contributed by atoms with van der Waals surface area (Å²) in [6.45, 7) is 0. The third kappa shape index (κ3) is 2.86. The number of carbonyl (C=O) groups is 1. The molecule has 0 heterocycles. The Morgan fingerprint density at radius 1 is 1.29 bits per heavy atom. The van der Waals surface area contributed by atoms with Crippen molar-refractivity contribution < 1.29 is 9.90 Å². The van der Waals surface area contributed by atoms with Crippen molar-refractivity contribution in [3.05, 3.63) is 29.8 Å². The number of rotatable bonds is 3. The molecule has 0 saturated heterocycles. The quantitative estimate of drug-likeness (QED) is 0.841. The summed E-state index contributed by atoms with van der Waals surface area (Å²) in [5.74, 6) is 0.299. The van der Waals surface area contributed by atoms with Crippen molar-refractivity contribution in [1.29, 1.82) is 0 Å². The van der Waals surface area contributed by atoms with Crippen LogP contribution in [0.4, 0.5) is 0 Å². The molecule has 0 radical (unpaired) electrons. The first-order valence-corrected chi connectivity index (χ1v) is 6.20. The van der Waals surface area contributed by atoms with Gasteiger partial charge in [-0.1, -0.05) is 31.4 Å². The number of Topliss-reactive ketones (excluding diaryl/α,β-unsaturated/α-hetero) is 1. The molecule has 0 spiro atoms. The van der Waals surface area contributed by atoms with Gasteiger partial charge in [0.25, 0.3) is 0 Å². The average Bonchev–Trinajstić information content (AvgIpc) is 2.30. The van der Waals surface area contributed by atoms with Gasteiger partial charge < -0.3 is 10.8 Å². The van der Waals surface area contributed by atoms with Gasteiger partial charge in [-0.15, -0.1) is 0 Å². The van der Waals surface area contributed by atoms with Gasteiger partial charge in [0.1, 0.15) is 5.75 Å². The van der Waals surface area contributed by atoms with Gasteiger partial charge in [0, 0.05) is 6.42 Å². The molecule has 1 aromatic rings. The van der Waals surface area contributed by atoms with Crippen molar-refractivity contribution in [3.8, 4) is 5.75 Å². The minimum Gasteiger partial charge on any atom is -0.508 e. The number of phenolic OH excluding ortho intramolecular Hbond substituents is 1. The summed E-state index contributed by atoms with van der Waals surface area (Å²) in [6.07, 6.45) is 5.18. The SMILES string of the molecule is NC1(C(=O)Cc2cccc(O)c2)CCCCC1. The van der Waals surface area contributed by atoms with E-state index in [1.54, 1.807) is 18.2 Å². The van der Waals surface area contributed by atoms with E-state index in [9.17, 15) is 9.90 Å². The van der Waals surface area contributed by atoms with Gasteiger partial charge >= 0.3 is 0 Å². The van der Waals surface area contributed by atoms with E-state index < -0.39 is 5.54 Å². The van der Waals surface area contributed by atoms with E-state index >= 15 is 0 Å². The van der Waals surface area contributed by atoms with Crippen LogP contribution in [0, 0.1) is 0 Å². The van der Waals surface area contributed by atoms with Crippen molar-refractivity contribution in [3.63, 3.8) is 0 Å². The molecule has 17 heavy (non-hydrogen) atoms. The summed E-state index contributed by atoms with van der Waals surface area (Å²) in [7, 11) is 0. The van der Waals surface area contributed by atoms with Crippen LogP contribution in [0.1, 0.15) is 37.7 Å². The third-order valence-corrected chi connectivity index (χ3v) is 3.58. The van der Waals surface area contributed by atoms with Crippen LogP contribution in [-0.2, 0) is 11.2 Å². The average molecular weight is 233 g/mol. The van der Waals surface area contributed by atoms with Crippen molar-refractivity contribution in [2.24, 2.45) is 5.73 Å². The fraction of sp³-hybridized carbons (Fsp3) is 0.500. The maximum Gasteiger partial charge on any atom is 0.156 e. The Morgan fingerprint density at radius 3 is 2.65 bits per heavy atom. The molecule has 1 aliphatic carbocycles. The Balaban J connectivity index is 2.05. The Kier molecular flexibility index (Phi) is 3.48. The second kappa shape index (κ2) is 4.88. The van der Waals surface area contributed by atoms with Crippen LogP contribution in [-0.4, -0.2) is 16.4 Å². The van der Waals surface area contributed by atoms with E-state index in [0.29, 0.717) is 6.42 Å². The summed E-state index contributed by atoms with van der Waals surface area (Å²) >= 11 is 0. The van der Waals surface area contributed by atoms with Crippen LogP contribution < -0.4 is 5.73 Å². The molecule has 0 aliphatic heterocycles. The molecule has 1 fully saturated rings. The number of aromatic hydroxyl groups is 1. The number of nitrogens with two attached hydrogens (primary N) is 1. The molecule has 1 saturated carbocycles. The molecule has 0 aromatic heterocycles. The molecule has 0 atom stereocenters. The number of ketones is 1. The van der Waals surface area contributed by atoms with Crippen LogP contribution >= 0.6 is 0 Å². The fourth-order valence-corrected chi connectivity index (χ4v) is 2.49. The third-order valence-electron chi connectivity index (χ3n) is 3.58. The molecule has 0 bridgehead atoms. The number of hydrogen-bond acceptors (Lipinski definition) is 3. The van der Waals surface area contributed by atoms with Gasteiger partial charge in [-0.05, 0) is 30.5 Å². The highest BCUT2D eigenvalue weighted by Crippen LogP contribution is 2.28. The van der Waals surface area contributed by atoms with Gasteiger partial charge in [-0.2, -0.15) is 0 Å². The maximum absolute atomic E-state index is 12.2. The topological polar surface area (TPSA) is 63.3 Å². The fourth-order valence-electron chi connectivity index (χ4n) is 2.49. The molecular weight excluding hydrogens is 214 g/mol. The second-order valence-electron chi connectivity index (χ2n) is 4.99. The highest BCUT2D eigenvalue weighted by atomic mass is 16.3. The lowest BCUT2D eigenvalue weighted by atomic mass is 9.78. The first-order valence-electron chi connectivity index (χ1n) is 6.20. The van der Waals surface area contributed by atoms with E-state index in [4.69, 9.17) is 5.73 Å². The minimum absolute atomic E-state index is 0.0998. The smallest absolute Gasteiger partial charge is 0.156 e. The summed E-state index contributed by atoms with van der Waals surface area (Å²) in [5.41, 5.74) is 6.38. The molecule has 92 valence electrons. The largest absolute Gasteiger partial charge is 0.508 e. The number of carbonyl (C=O) groups excluding carboxylic acids is 1. The van der Waals surface area contributed by atoms with Crippen molar-refractivity contribution in [1.82, 2.24) is 0 Å². The van der Waals surface area contributed by atoms with Gasteiger partial charge in [-0.3, -0.25) is 4.79 Å². The van der Waals surface area contributed by atoms with Gasteiger partial charge in [0.15, 0.2) is 5.78 Å². The zero-order valence-corrected chi connectivity index (χ0v) is 9.98. The Morgan fingerprint density at radius 2 is 2.00 bits per heavy atom. The molecule has 2 rings (SSSR count). The number of benzene rings is 1. The van der Waals surface area contributed by atoms with E-state index in [1.165, 1.54) is 6.42 Å². The van der Waals surface area contributed by atoms with Gasteiger partial charge in [0.2, 0.25) is 0 Å². The lowest BCUT2D eigenvalue weighted by Gasteiger charge is -2.31. The molecule has 3 N–H and O–H groups in total. The minimum atomic E-state index is -0.635. The molecule has 3 nitrogen and oxygen atoms in total. The van der Waals surface area contributed by atoms with Crippen molar-refractivity contribution in [2.45, 2.75) is 44.1 Å². The molecule has 3 heteroatoms. The predicted octanol–water partition coefficient (Wildman–Crippen LogP) is 2.17. The lowest BCUT2D eigenvalue weighted by molar-refractivity contribution is -0.124. The summed E-state index contributed by atoms with van der Waals surface area (Å²) < 4.78 is 0. The Bertz CT molecular complexity index is 408. The summed E-state index contributed by atoms with van der Waals surface area (Å²) in [4.78, 5) is 12.2. The summed E-state index contributed by atoms with van der Waals surface area (Å²) in [6, 6.07) is 6.84. The van der Waals surface area contributed by atoms with Gasteiger partial charge in [0.05, 0.1) is 5.54 Å². The predicted molar refractivity (Wildman–Crippen MR) is 66.8 cm³/mol. The highest BCUT2D eigenvalue weighted by Gasteiger charge is 2.34. The molecular formula is C14H19NO2. The lowest BCUT2D eigenvalue weighted by Crippen LogP contribution is -2.50. The Labute approximate surface area is 102 Å². The Hall–Kier alpha value is -1.35. The van der Waals surface area contributed by atoms with Gasteiger partial charge in [-0.25, -0.2) is 0 Å².